The van der Waals surface area contributed by atoms with E-state index in [4.69, 9.17) is 5.73 Å². The highest BCUT2D eigenvalue weighted by Gasteiger charge is 2.12. The van der Waals surface area contributed by atoms with Gasteiger partial charge in [-0.1, -0.05) is 0 Å². The van der Waals surface area contributed by atoms with Crippen LogP contribution < -0.4 is 10.6 Å². The van der Waals surface area contributed by atoms with Gasteiger partial charge in [0.25, 0.3) is 5.95 Å². The highest BCUT2D eigenvalue weighted by atomic mass is 32.2. The predicted molar refractivity (Wildman–Crippen MR) is 73.1 cm³/mol. The Morgan fingerprint density at radius 3 is 2.44 bits per heavy atom. The maximum absolute atomic E-state index is 5.61. The van der Waals surface area contributed by atoms with Crippen molar-refractivity contribution in [3.05, 3.63) is 24.8 Å². The van der Waals surface area contributed by atoms with Crippen LogP contribution in [0.3, 0.4) is 0 Å². The molecule has 0 spiro atoms. The third-order valence-corrected chi connectivity index (χ3v) is 3.75. The Morgan fingerprint density at radius 1 is 1.11 bits per heavy atom. The monoisotopic (exact) mass is 262 g/mol. The number of aromatic nitrogens is 4. The molecule has 0 aliphatic carbocycles. The molecule has 1 fully saturated rings. The second-order valence-electron chi connectivity index (χ2n) is 4.06. The molecule has 0 atom stereocenters. The van der Waals surface area contributed by atoms with Crippen molar-refractivity contribution in [2.75, 3.05) is 35.2 Å². The van der Waals surface area contributed by atoms with Gasteiger partial charge in [0, 0.05) is 24.6 Å². The third kappa shape index (κ3) is 2.26. The minimum Gasteiger partial charge on any atom is -0.396 e. The number of hydrogen-bond acceptors (Lipinski definition) is 6. The summed E-state index contributed by atoms with van der Waals surface area (Å²) in [4.78, 5) is 10.9. The number of rotatable bonds is 2. The van der Waals surface area contributed by atoms with E-state index in [1.165, 1.54) is 0 Å². The Labute approximate surface area is 109 Å². The van der Waals surface area contributed by atoms with E-state index in [-0.39, 0.29) is 0 Å². The first-order valence-electron chi connectivity index (χ1n) is 5.78. The van der Waals surface area contributed by atoms with Crippen molar-refractivity contribution >= 4 is 23.1 Å². The second kappa shape index (κ2) is 4.85. The molecule has 1 aliphatic heterocycles. The van der Waals surface area contributed by atoms with Crippen LogP contribution in [0.4, 0.5) is 11.4 Å². The van der Waals surface area contributed by atoms with Crippen LogP contribution in [0.25, 0.3) is 5.95 Å². The van der Waals surface area contributed by atoms with E-state index in [9.17, 15) is 0 Å². The van der Waals surface area contributed by atoms with Crippen LogP contribution in [0, 0.1) is 0 Å². The molecular weight excluding hydrogens is 248 g/mol. The standard InChI is InChI=1S/C11H14N6S/c12-9-5-15-17(8-9)11-13-6-10(7-14-11)16-1-3-18-4-2-16/h5-8H,1-4,12H2. The number of nitrogen functional groups attached to an aromatic ring is 1. The van der Waals surface area contributed by atoms with Crippen LogP contribution in [0.5, 0.6) is 0 Å². The zero-order valence-electron chi connectivity index (χ0n) is 9.86. The van der Waals surface area contributed by atoms with Crippen molar-refractivity contribution in [2.45, 2.75) is 0 Å². The summed E-state index contributed by atoms with van der Waals surface area (Å²) < 4.78 is 1.57. The lowest BCUT2D eigenvalue weighted by Gasteiger charge is -2.27. The van der Waals surface area contributed by atoms with E-state index in [0.29, 0.717) is 11.6 Å². The molecule has 0 saturated carbocycles. The highest BCUT2D eigenvalue weighted by molar-refractivity contribution is 7.99. The first kappa shape index (κ1) is 11.3. The van der Waals surface area contributed by atoms with Crippen LogP contribution >= 0.6 is 11.8 Å². The van der Waals surface area contributed by atoms with E-state index in [0.717, 1.165) is 30.3 Å². The molecule has 0 amide bonds. The maximum atomic E-state index is 5.61. The Morgan fingerprint density at radius 2 is 1.83 bits per heavy atom. The summed E-state index contributed by atoms with van der Waals surface area (Å²) in [6.45, 7) is 2.12. The average Bonchev–Trinajstić information content (AvgIpc) is 2.87. The predicted octanol–water partition coefficient (Wildman–Crippen LogP) is 0.798. The second-order valence-corrected chi connectivity index (χ2v) is 5.28. The first-order valence-corrected chi connectivity index (χ1v) is 6.94. The summed E-state index contributed by atoms with van der Waals surface area (Å²) in [5, 5.41) is 4.08. The summed E-state index contributed by atoms with van der Waals surface area (Å²) >= 11 is 1.99. The zero-order chi connectivity index (χ0) is 12.4. The van der Waals surface area contributed by atoms with Crippen molar-refractivity contribution in [3.8, 4) is 5.95 Å². The van der Waals surface area contributed by atoms with Crippen molar-refractivity contribution in [1.82, 2.24) is 19.7 Å². The Hall–Kier alpha value is -1.76. The van der Waals surface area contributed by atoms with E-state index < -0.39 is 0 Å². The van der Waals surface area contributed by atoms with Crippen LogP contribution in [-0.4, -0.2) is 44.3 Å². The van der Waals surface area contributed by atoms with E-state index in [2.05, 4.69) is 20.0 Å². The number of anilines is 2. The maximum Gasteiger partial charge on any atom is 0.250 e. The van der Waals surface area contributed by atoms with Gasteiger partial charge in [0.1, 0.15) is 0 Å². The van der Waals surface area contributed by atoms with Crippen LogP contribution in [-0.2, 0) is 0 Å². The Bertz CT molecular complexity index is 517. The molecule has 6 nitrogen and oxygen atoms in total. The average molecular weight is 262 g/mol. The molecule has 2 aromatic heterocycles. The molecule has 1 saturated heterocycles. The molecule has 3 rings (SSSR count). The molecule has 1 aliphatic rings. The minimum atomic E-state index is 0.543. The molecule has 0 radical (unpaired) electrons. The van der Waals surface area contributed by atoms with Gasteiger partial charge in [-0.05, 0) is 0 Å². The van der Waals surface area contributed by atoms with Gasteiger partial charge in [-0.2, -0.15) is 16.9 Å². The smallest absolute Gasteiger partial charge is 0.250 e. The van der Waals surface area contributed by atoms with Gasteiger partial charge in [0.2, 0.25) is 0 Å². The molecule has 0 bridgehead atoms. The lowest BCUT2D eigenvalue weighted by atomic mass is 10.4. The van der Waals surface area contributed by atoms with E-state index >= 15 is 0 Å². The summed E-state index contributed by atoms with van der Waals surface area (Å²) in [5.74, 6) is 2.87. The zero-order valence-corrected chi connectivity index (χ0v) is 10.7. The van der Waals surface area contributed by atoms with Crippen LogP contribution in [0.2, 0.25) is 0 Å². The molecule has 18 heavy (non-hydrogen) atoms. The Balaban J connectivity index is 1.80. The fraction of sp³-hybridized carbons (Fsp3) is 0.364. The number of hydrogen-bond donors (Lipinski definition) is 1. The van der Waals surface area contributed by atoms with Gasteiger partial charge in [-0.25, -0.2) is 14.6 Å². The fourth-order valence-electron chi connectivity index (χ4n) is 1.86. The van der Waals surface area contributed by atoms with Gasteiger partial charge in [-0.3, -0.25) is 0 Å². The molecule has 0 aromatic carbocycles. The molecule has 94 valence electrons. The molecule has 2 aromatic rings. The van der Waals surface area contributed by atoms with Crippen molar-refractivity contribution in [2.24, 2.45) is 0 Å². The van der Waals surface area contributed by atoms with E-state index in [1.54, 1.807) is 17.1 Å². The number of nitrogens with zero attached hydrogens (tertiary/aromatic N) is 5. The van der Waals surface area contributed by atoms with Crippen LogP contribution in [0.1, 0.15) is 0 Å². The molecular formula is C11H14N6S. The highest BCUT2D eigenvalue weighted by Crippen LogP contribution is 2.18. The summed E-state index contributed by atoms with van der Waals surface area (Å²) in [7, 11) is 0. The van der Waals surface area contributed by atoms with Gasteiger partial charge in [0.05, 0.1) is 36.2 Å². The molecule has 2 N–H and O–H groups in total. The van der Waals surface area contributed by atoms with E-state index in [1.807, 2.05) is 24.2 Å². The van der Waals surface area contributed by atoms with Crippen molar-refractivity contribution in [3.63, 3.8) is 0 Å². The van der Waals surface area contributed by atoms with Crippen molar-refractivity contribution < 1.29 is 0 Å². The van der Waals surface area contributed by atoms with Crippen LogP contribution in [0.15, 0.2) is 24.8 Å². The van der Waals surface area contributed by atoms with Gasteiger partial charge >= 0.3 is 0 Å². The SMILES string of the molecule is Nc1cnn(-c2ncc(N3CCSCC3)cn2)c1. The fourth-order valence-corrected chi connectivity index (χ4v) is 2.77. The Kier molecular flexibility index (Phi) is 3.06. The third-order valence-electron chi connectivity index (χ3n) is 2.81. The topological polar surface area (TPSA) is 72.9 Å². The molecule has 3 heterocycles. The quantitative estimate of drug-likeness (QED) is 0.863. The summed E-state index contributed by atoms with van der Waals surface area (Å²) in [6, 6.07) is 0. The molecule has 0 unspecified atom stereocenters. The minimum absolute atomic E-state index is 0.543. The lowest BCUT2D eigenvalue weighted by molar-refractivity contribution is 0.796. The number of thioether (sulfide) groups is 1. The summed E-state index contributed by atoms with van der Waals surface area (Å²) in [5.41, 5.74) is 7.29. The van der Waals surface area contributed by atoms with Gasteiger partial charge in [0.15, 0.2) is 0 Å². The number of nitrogens with two attached hydrogens (primary N) is 1. The normalized spacial score (nSPS) is 15.9. The van der Waals surface area contributed by atoms with Crippen molar-refractivity contribution in [1.29, 1.82) is 0 Å². The largest absolute Gasteiger partial charge is 0.396 e. The first-order chi connectivity index (χ1) is 8.83. The molecule has 7 heteroatoms. The van der Waals surface area contributed by atoms with Gasteiger partial charge < -0.3 is 10.6 Å². The van der Waals surface area contributed by atoms with Gasteiger partial charge in [-0.15, -0.1) is 0 Å². The summed E-state index contributed by atoms with van der Waals surface area (Å²) in [6.07, 6.45) is 6.97. The lowest BCUT2D eigenvalue weighted by Crippen LogP contribution is -2.32.